The van der Waals surface area contributed by atoms with Gasteiger partial charge in [-0.25, -0.2) is 0 Å². The van der Waals surface area contributed by atoms with E-state index in [4.69, 9.17) is 5.11 Å². The number of carbonyl (C=O) groups excluding carboxylic acids is 1. The largest absolute Gasteiger partial charge is 0.387 e. The van der Waals surface area contributed by atoms with Gasteiger partial charge < -0.3 is 10.4 Å². The first-order chi connectivity index (χ1) is 6.54. The van der Waals surface area contributed by atoms with Crippen molar-refractivity contribution in [1.29, 1.82) is 0 Å². The van der Waals surface area contributed by atoms with Crippen LogP contribution < -0.4 is 5.32 Å². The molecule has 2 N–H and O–H groups in total. The predicted octanol–water partition coefficient (Wildman–Crippen LogP) is 1.53. The van der Waals surface area contributed by atoms with E-state index >= 15 is 0 Å². The van der Waals surface area contributed by atoms with Gasteiger partial charge in [0.15, 0.2) is 0 Å². The Kier molecular flexibility index (Phi) is 3.66. The van der Waals surface area contributed by atoms with Crippen LogP contribution in [0.5, 0.6) is 0 Å². The quantitative estimate of drug-likeness (QED) is 0.800. The van der Waals surface area contributed by atoms with E-state index < -0.39 is 6.61 Å². The fraction of sp³-hybridized carbons (Fsp3) is 0.500. The van der Waals surface area contributed by atoms with E-state index in [1.807, 2.05) is 20.8 Å². The molecule has 1 unspecified atom stereocenters. The molecule has 0 fully saturated rings. The second-order valence-corrected chi connectivity index (χ2v) is 4.78. The van der Waals surface area contributed by atoms with Crippen molar-refractivity contribution in [1.82, 2.24) is 5.32 Å². The first kappa shape index (κ1) is 11.2. The van der Waals surface area contributed by atoms with Gasteiger partial charge in [-0.1, -0.05) is 0 Å². The van der Waals surface area contributed by atoms with Crippen LogP contribution in [0, 0.1) is 13.8 Å². The number of aliphatic hydroxyl groups excluding tert-OH is 1. The minimum Gasteiger partial charge on any atom is -0.387 e. The molecule has 1 aromatic rings. The van der Waals surface area contributed by atoms with Gasteiger partial charge in [-0.15, -0.1) is 11.3 Å². The SMILES string of the molecule is Cc1cc(C(C)NC(=O)CO)c(C)s1. The fourth-order valence-corrected chi connectivity index (χ4v) is 2.47. The van der Waals surface area contributed by atoms with Gasteiger partial charge in [0, 0.05) is 9.75 Å². The van der Waals surface area contributed by atoms with E-state index in [-0.39, 0.29) is 11.9 Å². The third-order valence-corrected chi connectivity index (χ3v) is 3.05. The summed E-state index contributed by atoms with van der Waals surface area (Å²) in [5, 5.41) is 11.3. The van der Waals surface area contributed by atoms with Crippen molar-refractivity contribution in [2.45, 2.75) is 26.8 Å². The van der Waals surface area contributed by atoms with Crippen LogP contribution >= 0.6 is 11.3 Å². The number of aryl methyl sites for hydroxylation is 2. The standard InChI is InChI=1S/C10H15NO2S/c1-6-4-9(8(3)14-6)7(2)11-10(13)5-12/h4,7,12H,5H2,1-3H3,(H,11,13). The molecule has 1 heterocycles. The van der Waals surface area contributed by atoms with Crippen molar-refractivity contribution in [3.63, 3.8) is 0 Å². The molecule has 0 bridgehead atoms. The monoisotopic (exact) mass is 213 g/mol. The van der Waals surface area contributed by atoms with E-state index in [1.54, 1.807) is 11.3 Å². The molecule has 0 aromatic carbocycles. The van der Waals surface area contributed by atoms with Crippen LogP contribution in [0.2, 0.25) is 0 Å². The average molecular weight is 213 g/mol. The lowest BCUT2D eigenvalue weighted by molar-refractivity contribution is -0.124. The Hall–Kier alpha value is -0.870. The molecular formula is C10H15NO2S. The van der Waals surface area contributed by atoms with Crippen molar-refractivity contribution >= 4 is 17.2 Å². The van der Waals surface area contributed by atoms with Crippen molar-refractivity contribution < 1.29 is 9.90 Å². The highest BCUT2D eigenvalue weighted by atomic mass is 32.1. The molecular weight excluding hydrogens is 198 g/mol. The molecule has 0 aliphatic heterocycles. The molecule has 0 saturated heterocycles. The van der Waals surface area contributed by atoms with Crippen LogP contribution in [-0.2, 0) is 4.79 Å². The van der Waals surface area contributed by atoms with Crippen LogP contribution in [0.1, 0.15) is 28.3 Å². The number of amides is 1. The smallest absolute Gasteiger partial charge is 0.246 e. The lowest BCUT2D eigenvalue weighted by Crippen LogP contribution is -2.29. The molecule has 3 nitrogen and oxygen atoms in total. The summed E-state index contributed by atoms with van der Waals surface area (Å²) in [6.45, 7) is 5.55. The Balaban J connectivity index is 2.73. The second kappa shape index (κ2) is 4.57. The number of hydrogen-bond donors (Lipinski definition) is 2. The minimum atomic E-state index is -0.452. The van der Waals surface area contributed by atoms with E-state index in [2.05, 4.69) is 11.4 Å². The maximum atomic E-state index is 11.0. The maximum absolute atomic E-state index is 11.0. The van der Waals surface area contributed by atoms with Gasteiger partial charge in [-0.3, -0.25) is 4.79 Å². The fourth-order valence-electron chi connectivity index (χ4n) is 1.45. The normalized spacial score (nSPS) is 12.6. The number of thiophene rings is 1. The molecule has 0 aliphatic rings. The highest BCUT2D eigenvalue weighted by Gasteiger charge is 2.12. The van der Waals surface area contributed by atoms with E-state index in [0.29, 0.717) is 0 Å². The topological polar surface area (TPSA) is 49.3 Å². The second-order valence-electron chi connectivity index (χ2n) is 3.32. The van der Waals surface area contributed by atoms with Gasteiger partial charge in [0.1, 0.15) is 6.61 Å². The third-order valence-electron chi connectivity index (χ3n) is 2.07. The maximum Gasteiger partial charge on any atom is 0.246 e. The summed E-state index contributed by atoms with van der Waals surface area (Å²) in [7, 11) is 0. The van der Waals surface area contributed by atoms with Crippen molar-refractivity contribution in [3.05, 3.63) is 21.4 Å². The number of hydrogen-bond acceptors (Lipinski definition) is 3. The molecule has 1 atom stereocenters. The first-order valence-electron chi connectivity index (χ1n) is 4.51. The number of aliphatic hydroxyl groups is 1. The summed E-state index contributed by atoms with van der Waals surface area (Å²) in [6.07, 6.45) is 0. The Morgan fingerprint density at radius 3 is 2.71 bits per heavy atom. The van der Waals surface area contributed by atoms with E-state index in [0.717, 1.165) is 5.56 Å². The van der Waals surface area contributed by atoms with Crippen LogP contribution in [0.3, 0.4) is 0 Å². The van der Waals surface area contributed by atoms with E-state index in [1.165, 1.54) is 9.75 Å². The summed E-state index contributed by atoms with van der Waals surface area (Å²) in [5.41, 5.74) is 1.13. The van der Waals surface area contributed by atoms with Crippen molar-refractivity contribution in [2.24, 2.45) is 0 Å². The number of nitrogens with one attached hydrogen (secondary N) is 1. The summed E-state index contributed by atoms with van der Waals surface area (Å²) in [6, 6.07) is 2.04. The molecule has 0 radical (unpaired) electrons. The Labute approximate surface area is 87.8 Å². The van der Waals surface area contributed by atoms with Gasteiger partial charge in [-0.05, 0) is 32.4 Å². The predicted molar refractivity (Wildman–Crippen MR) is 57.4 cm³/mol. The zero-order valence-electron chi connectivity index (χ0n) is 8.63. The summed E-state index contributed by atoms with van der Waals surface area (Å²) in [4.78, 5) is 13.4. The highest BCUT2D eigenvalue weighted by Crippen LogP contribution is 2.25. The average Bonchev–Trinajstić information content (AvgIpc) is 2.45. The zero-order chi connectivity index (χ0) is 10.7. The summed E-state index contributed by atoms with van der Waals surface area (Å²) >= 11 is 1.72. The van der Waals surface area contributed by atoms with Crippen molar-refractivity contribution in [3.8, 4) is 0 Å². The Bertz CT molecular complexity index is 333. The summed E-state index contributed by atoms with van der Waals surface area (Å²) < 4.78 is 0. The number of carbonyl (C=O) groups is 1. The molecule has 1 amide bonds. The van der Waals surface area contributed by atoms with Gasteiger partial charge in [0.05, 0.1) is 6.04 Å². The molecule has 4 heteroatoms. The lowest BCUT2D eigenvalue weighted by Gasteiger charge is -2.12. The molecule has 0 aliphatic carbocycles. The van der Waals surface area contributed by atoms with Gasteiger partial charge in [0.2, 0.25) is 5.91 Å². The number of rotatable bonds is 3. The molecule has 0 saturated carbocycles. The van der Waals surface area contributed by atoms with Crippen LogP contribution in [0.4, 0.5) is 0 Å². The molecule has 1 aromatic heterocycles. The minimum absolute atomic E-state index is 0.0281. The summed E-state index contributed by atoms with van der Waals surface area (Å²) in [5.74, 6) is -0.333. The third kappa shape index (κ3) is 2.56. The van der Waals surface area contributed by atoms with Gasteiger partial charge in [-0.2, -0.15) is 0 Å². The molecule has 1 rings (SSSR count). The Morgan fingerprint density at radius 2 is 2.29 bits per heavy atom. The highest BCUT2D eigenvalue weighted by molar-refractivity contribution is 7.12. The zero-order valence-corrected chi connectivity index (χ0v) is 9.44. The van der Waals surface area contributed by atoms with Crippen molar-refractivity contribution in [2.75, 3.05) is 6.61 Å². The van der Waals surface area contributed by atoms with Crippen LogP contribution in [0.25, 0.3) is 0 Å². The lowest BCUT2D eigenvalue weighted by atomic mass is 10.1. The van der Waals surface area contributed by atoms with Crippen LogP contribution in [-0.4, -0.2) is 17.6 Å². The van der Waals surface area contributed by atoms with Crippen LogP contribution in [0.15, 0.2) is 6.07 Å². The van der Waals surface area contributed by atoms with E-state index in [9.17, 15) is 4.79 Å². The Morgan fingerprint density at radius 1 is 1.64 bits per heavy atom. The molecule has 78 valence electrons. The molecule has 0 spiro atoms. The molecule has 14 heavy (non-hydrogen) atoms. The van der Waals surface area contributed by atoms with Gasteiger partial charge in [0.25, 0.3) is 0 Å². The first-order valence-corrected chi connectivity index (χ1v) is 5.33. The van der Waals surface area contributed by atoms with Gasteiger partial charge >= 0.3 is 0 Å².